The van der Waals surface area contributed by atoms with Crippen LogP contribution in [0.15, 0.2) is 30.5 Å². The van der Waals surface area contributed by atoms with E-state index in [9.17, 15) is 0 Å². The van der Waals surface area contributed by atoms with Gasteiger partial charge >= 0.3 is 0 Å². The molecule has 2 N–H and O–H groups in total. The number of hydrogen-bond donors (Lipinski definition) is 2. The van der Waals surface area contributed by atoms with Gasteiger partial charge in [-0.2, -0.15) is 10.1 Å². The molecule has 0 saturated carbocycles. The van der Waals surface area contributed by atoms with Crippen LogP contribution in [-0.2, 0) is 5.41 Å². The molecule has 1 aromatic heterocycles. The highest BCUT2D eigenvalue weighted by Crippen LogP contribution is 2.24. The molecule has 21 heavy (non-hydrogen) atoms. The van der Waals surface area contributed by atoms with Crippen LogP contribution in [0.5, 0.6) is 0 Å². The second-order valence-electron chi connectivity index (χ2n) is 6.42. The van der Waals surface area contributed by atoms with Crippen molar-refractivity contribution in [2.24, 2.45) is 0 Å². The summed E-state index contributed by atoms with van der Waals surface area (Å²) in [5, 5.41) is 14.3. The Morgan fingerprint density at radius 2 is 1.71 bits per heavy atom. The van der Waals surface area contributed by atoms with Crippen molar-refractivity contribution in [1.29, 1.82) is 0 Å². The second kappa shape index (κ2) is 6.08. The van der Waals surface area contributed by atoms with E-state index in [1.54, 1.807) is 6.20 Å². The summed E-state index contributed by atoms with van der Waals surface area (Å²) >= 11 is 0. The number of aromatic nitrogens is 3. The lowest BCUT2D eigenvalue weighted by Crippen LogP contribution is -2.13. The molecule has 1 aromatic carbocycles. The molecule has 1 heterocycles. The van der Waals surface area contributed by atoms with E-state index in [2.05, 4.69) is 70.9 Å². The van der Waals surface area contributed by atoms with Gasteiger partial charge in [0, 0.05) is 11.7 Å². The molecule has 0 spiro atoms. The van der Waals surface area contributed by atoms with Crippen molar-refractivity contribution in [1.82, 2.24) is 15.2 Å². The molecule has 0 fully saturated rings. The minimum absolute atomic E-state index is 0.156. The first kappa shape index (κ1) is 15.2. The number of nitrogens with zero attached hydrogens (tertiary/aromatic N) is 3. The van der Waals surface area contributed by atoms with Crippen LogP contribution in [0.3, 0.4) is 0 Å². The van der Waals surface area contributed by atoms with Crippen molar-refractivity contribution in [3.8, 4) is 0 Å². The van der Waals surface area contributed by atoms with Crippen molar-refractivity contribution in [2.45, 2.75) is 46.1 Å². The maximum atomic E-state index is 4.38. The Morgan fingerprint density at radius 1 is 1.05 bits per heavy atom. The highest BCUT2D eigenvalue weighted by Gasteiger charge is 2.12. The second-order valence-corrected chi connectivity index (χ2v) is 6.42. The monoisotopic (exact) mass is 285 g/mol. The van der Waals surface area contributed by atoms with Crippen molar-refractivity contribution in [3.63, 3.8) is 0 Å². The smallest absolute Gasteiger partial charge is 0.244 e. The van der Waals surface area contributed by atoms with Crippen LogP contribution in [0.1, 0.15) is 40.2 Å². The van der Waals surface area contributed by atoms with Gasteiger partial charge in [0.2, 0.25) is 5.95 Å². The summed E-state index contributed by atoms with van der Waals surface area (Å²) in [6, 6.07) is 8.64. The van der Waals surface area contributed by atoms with Crippen LogP contribution in [-0.4, -0.2) is 21.2 Å². The van der Waals surface area contributed by atoms with Crippen LogP contribution in [0.4, 0.5) is 17.5 Å². The molecule has 5 heteroatoms. The van der Waals surface area contributed by atoms with Crippen LogP contribution in [0.2, 0.25) is 0 Å². The third-order valence-electron chi connectivity index (χ3n) is 3.00. The van der Waals surface area contributed by atoms with E-state index < -0.39 is 0 Å². The highest BCUT2D eigenvalue weighted by molar-refractivity contribution is 5.56. The summed E-state index contributed by atoms with van der Waals surface area (Å²) in [6.07, 6.45) is 1.61. The fraction of sp³-hybridized carbons (Fsp3) is 0.438. The van der Waals surface area contributed by atoms with E-state index >= 15 is 0 Å². The van der Waals surface area contributed by atoms with E-state index in [1.807, 2.05) is 13.8 Å². The lowest BCUT2D eigenvalue weighted by atomic mass is 9.87. The average molecular weight is 285 g/mol. The Bertz CT molecular complexity index is 584. The average Bonchev–Trinajstić information content (AvgIpc) is 2.38. The quantitative estimate of drug-likeness (QED) is 0.896. The van der Waals surface area contributed by atoms with Gasteiger partial charge in [0.25, 0.3) is 0 Å². The van der Waals surface area contributed by atoms with E-state index in [-0.39, 0.29) is 11.5 Å². The Labute approximate surface area is 126 Å². The normalized spacial score (nSPS) is 11.5. The zero-order valence-electron chi connectivity index (χ0n) is 13.3. The third kappa shape index (κ3) is 4.41. The molecule has 0 aliphatic carbocycles. The van der Waals surface area contributed by atoms with Crippen LogP contribution in [0, 0.1) is 0 Å². The number of rotatable bonds is 4. The molecule has 0 unspecified atom stereocenters. The number of nitrogens with one attached hydrogen (secondary N) is 2. The van der Waals surface area contributed by atoms with Gasteiger partial charge in [-0.25, -0.2) is 0 Å². The van der Waals surface area contributed by atoms with E-state index in [0.29, 0.717) is 11.8 Å². The van der Waals surface area contributed by atoms with E-state index in [0.717, 1.165) is 5.69 Å². The maximum Gasteiger partial charge on any atom is 0.244 e. The lowest BCUT2D eigenvalue weighted by Gasteiger charge is -2.19. The highest BCUT2D eigenvalue weighted by atomic mass is 15.3. The zero-order valence-corrected chi connectivity index (χ0v) is 13.3. The summed E-state index contributed by atoms with van der Waals surface area (Å²) in [6.45, 7) is 10.7. The number of benzene rings is 1. The van der Waals surface area contributed by atoms with Gasteiger partial charge in [-0.1, -0.05) is 32.9 Å². The van der Waals surface area contributed by atoms with E-state index in [1.165, 1.54) is 5.56 Å². The van der Waals surface area contributed by atoms with Gasteiger partial charge in [-0.05, 0) is 37.0 Å². The fourth-order valence-corrected chi connectivity index (χ4v) is 1.88. The van der Waals surface area contributed by atoms with Crippen LogP contribution in [0.25, 0.3) is 0 Å². The first-order valence-electron chi connectivity index (χ1n) is 7.18. The number of anilines is 3. The Morgan fingerprint density at radius 3 is 2.29 bits per heavy atom. The molecule has 0 aliphatic heterocycles. The lowest BCUT2D eigenvalue weighted by molar-refractivity contribution is 0.590. The summed E-state index contributed by atoms with van der Waals surface area (Å²) in [5.41, 5.74) is 2.44. The molecule has 0 bridgehead atoms. The molecule has 5 nitrogen and oxygen atoms in total. The Balaban J connectivity index is 2.11. The van der Waals surface area contributed by atoms with Crippen molar-refractivity contribution < 1.29 is 0 Å². The molecule has 0 atom stereocenters. The molecule has 0 saturated heterocycles. The van der Waals surface area contributed by atoms with E-state index in [4.69, 9.17) is 0 Å². The Hall–Kier alpha value is -2.17. The minimum atomic E-state index is 0.156. The summed E-state index contributed by atoms with van der Waals surface area (Å²) < 4.78 is 0. The molecule has 0 amide bonds. The molecule has 2 aromatic rings. The van der Waals surface area contributed by atoms with Crippen LogP contribution < -0.4 is 10.6 Å². The molecular formula is C16H23N5. The van der Waals surface area contributed by atoms with Crippen molar-refractivity contribution in [3.05, 3.63) is 36.0 Å². The van der Waals surface area contributed by atoms with Gasteiger partial charge in [0.05, 0.1) is 6.20 Å². The first-order valence-corrected chi connectivity index (χ1v) is 7.18. The molecule has 2 rings (SSSR count). The third-order valence-corrected chi connectivity index (χ3v) is 3.00. The van der Waals surface area contributed by atoms with Gasteiger partial charge in [0.1, 0.15) is 0 Å². The molecule has 112 valence electrons. The predicted octanol–water partition coefficient (Wildman–Crippen LogP) is 3.73. The topological polar surface area (TPSA) is 62.7 Å². The molecule has 0 radical (unpaired) electrons. The summed E-state index contributed by atoms with van der Waals surface area (Å²) in [7, 11) is 0. The van der Waals surface area contributed by atoms with Gasteiger partial charge in [-0.3, -0.25) is 0 Å². The SMILES string of the molecule is CC(C)Nc1nncc(Nc2ccc(C(C)(C)C)cc2)n1. The standard InChI is InChI=1S/C16H23N5/c1-11(2)18-15-20-14(10-17-21-15)19-13-8-6-12(7-9-13)16(3,4)5/h6-11H,1-5H3,(H2,18,19,20,21). The number of hydrogen-bond acceptors (Lipinski definition) is 5. The van der Waals surface area contributed by atoms with Gasteiger partial charge in [-0.15, -0.1) is 5.10 Å². The predicted molar refractivity (Wildman–Crippen MR) is 87.0 cm³/mol. The van der Waals surface area contributed by atoms with Crippen LogP contribution >= 0.6 is 0 Å². The molecule has 0 aliphatic rings. The van der Waals surface area contributed by atoms with Gasteiger partial charge in [0.15, 0.2) is 5.82 Å². The first-order chi connectivity index (χ1) is 9.84. The minimum Gasteiger partial charge on any atom is -0.351 e. The Kier molecular flexibility index (Phi) is 4.40. The summed E-state index contributed by atoms with van der Waals surface area (Å²) in [4.78, 5) is 4.38. The molecular weight excluding hydrogens is 262 g/mol. The zero-order chi connectivity index (χ0) is 15.5. The summed E-state index contributed by atoms with van der Waals surface area (Å²) in [5.74, 6) is 1.21. The largest absolute Gasteiger partial charge is 0.351 e. The van der Waals surface area contributed by atoms with Crippen molar-refractivity contribution >= 4 is 17.5 Å². The maximum absolute atomic E-state index is 4.38. The van der Waals surface area contributed by atoms with Crippen molar-refractivity contribution in [2.75, 3.05) is 10.6 Å². The van der Waals surface area contributed by atoms with Gasteiger partial charge < -0.3 is 10.6 Å². The fourth-order valence-electron chi connectivity index (χ4n) is 1.88.